The van der Waals surface area contributed by atoms with Crippen LogP contribution < -0.4 is 10.6 Å². The third-order valence-electron chi connectivity index (χ3n) is 6.72. The van der Waals surface area contributed by atoms with Gasteiger partial charge >= 0.3 is 0 Å². The van der Waals surface area contributed by atoms with Crippen LogP contribution in [-0.4, -0.2) is 74.0 Å². The second-order valence-corrected chi connectivity index (χ2v) is 9.05. The maximum atomic E-state index is 12.7. The first-order valence-electron chi connectivity index (χ1n) is 12.2. The number of hydrogen-bond donors (Lipinski definition) is 2. The van der Waals surface area contributed by atoms with Crippen molar-refractivity contribution in [3.8, 4) is 0 Å². The third kappa shape index (κ3) is 7.84. The SMILES string of the molecule is CCCCN1CCC(NC(=NC)NCC(=O)N2CCC(Cc3ccccc3)CC2)CC1. The molecule has 1 amide bonds. The van der Waals surface area contributed by atoms with Crippen molar-refractivity contribution in [3.05, 3.63) is 35.9 Å². The van der Waals surface area contributed by atoms with Crippen LogP contribution in [0.1, 0.15) is 51.0 Å². The van der Waals surface area contributed by atoms with Gasteiger partial charge in [-0.25, -0.2) is 0 Å². The number of piperidine rings is 2. The second-order valence-electron chi connectivity index (χ2n) is 9.05. The van der Waals surface area contributed by atoms with Gasteiger partial charge in [0.2, 0.25) is 5.91 Å². The van der Waals surface area contributed by atoms with Gasteiger partial charge in [0.25, 0.3) is 0 Å². The largest absolute Gasteiger partial charge is 0.354 e. The van der Waals surface area contributed by atoms with Crippen molar-refractivity contribution >= 4 is 11.9 Å². The quantitative estimate of drug-likeness (QED) is 0.495. The molecule has 0 atom stereocenters. The number of benzene rings is 1. The van der Waals surface area contributed by atoms with E-state index in [1.165, 1.54) is 24.9 Å². The molecule has 3 rings (SSSR count). The zero-order valence-corrected chi connectivity index (χ0v) is 19.5. The Bertz CT molecular complexity index is 676. The summed E-state index contributed by atoms with van der Waals surface area (Å²) in [4.78, 5) is 21.6. The van der Waals surface area contributed by atoms with E-state index in [-0.39, 0.29) is 5.91 Å². The summed E-state index contributed by atoms with van der Waals surface area (Å²) in [7, 11) is 1.78. The Kier molecular flexibility index (Phi) is 9.66. The van der Waals surface area contributed by atoms with Gasteiger partial charge in [-0.15, -0.1) is 0 Å². The van der Waals surface area contributed by atoms with Crippen LogP contribution in [0.25, 0.3) is 0 Å². The van der Waals surface area contributed by atoms with E-state index in [0.29, 0.717) is 18.5 Å². The average molecular weight is 428 g/mol. The van der Waals surface area contributed by atoms with Gasteiger partial charge in [-0.2, -0.15) is 0 Å². The highest BCUT2D eigenvalue weighted by molar-refractivity contribution is 5.86. The lowest BCUT2D eigenvalue weighted by Gasteiger charge is -2.34. The Morgan fingerprint density at radius 1 is 1.06 bits per heavy atom. The van der Waals surface area contributed by atoms with Crippen molar-refractivity contribution in [2.75, 3.05) is 46.3 Å². The number of amides is 1. The molecule has 2 saturated heterocycles. The van der Waals surface area contributed by atoms with Gasteiger partial charge in [-0.05, 0) is 56.6 Å². The van der Waals surface area contributed by atoms with Gasteiger partial charge in [-0.3, -0.25) is 9.79 Å². The average Bonchev–Trinajstić information content (AvgIpc) is 2.82. The minimum absolute atomic E-state index is 0.176. The molecule has 0 aromatic heterocycles. The fourth-order valence-electron chi connectivity index (χ4n) is 4.68. The van der Waals surface area contributed by atoms with Gasteiger partial charge in [0, 0.05) is 39.3 Å². The highest BCUT2D eigenvalue weighted by Gasteiger charge is 2.24. The fraction of sp³-hybridized carbons (Fsp3) is 0.680. The third-order valence-corrected chi connectivity index (χ3v) is 6.72. The van der Waals surface area contributed by atoms with E-state index < -0.39 is 0 Å². The molecule has 1 aromatic carbocycles. The minimum Gasteiger partial charge on any atom is -0.354 e. The Morgan fingerprint density at radius 3 is 2.42 bits per heavy atom. The zero-order valence-electron chi connectivity index (χ0n) is 19.5. The van der Waals surface area contributed by atoms with Crippen LogP contribution in [0.2, 0.25) is 0 Å². The van der Waals surface area contributed by atoms with Crippen molar-refractivity contribution in [1.82, 2.24) is 20.4 Å². The fourth-order valence-corrected chi connectivity index (χ4v) is 4.68. The van der Waals surface area contributed by atoms with E-state index in [2.05, 4.69) is 57.8 Å². The summed E-state index contributed by atoms with van der Waals surface area (Å²) in [6.07, 6.45) is 8.10. The Hall–Kier alpha value is -2.08. The molecule has 0 radical (unpaired) electrons. The molecule has 2 fully saturated rings. The summed E-state index contributed by atoms with van der Waals surface area (Å²) in [5.74, 6) is 1.60. The van der Waals surface area contributed by atoms with Crippen LogP contribution in [0.15, 0.2) is 35.3 Å². The zero-order chi connectivity index (χ0) is 21.9. The smallest absolute Gasteiger partial charge is 0.241 e. The van der Waals surface area contributed by atoms with Gasteiger partial charge in [-0.1, -0.05) is 43.7 Å². The van der Waals surface area contributed by atoms with Crippen LogP contribution >= 0.6 is 0 Å². The van der Waals surface area contributed by atoms with Gasteiger partial charge < -0.3 is 20.4 Å². The predicted octanol–water partition coefficient (Wildman–Crippen LogP) is 2.90. The summed E-state index contributed by atoms with van der Waals surface area (Å²) in [5.41, 5.74) is 1.40. The summed E-state index contributed by atoms with van der Waals surface area (Å²) < 4.78 is 0. The van der Waals surface area contributed by atoms with E-state index >= 15 is 0 Å². The van der Waals surface area contributed by atoms with Crippen LogP contribution in [0.3, 0.4) is 0 Å². The van der Waals surface area contributed by atoms with Crippen molar-refractivity contribution in [1.29, 1.82) is 0 Å². The minimum atomic E-state index is 0.176. The number of nitrogens with one attached hydrogen (secondary N) is 2. The van der Waals surface area contributed by atoms with Crippen molar-refractivity contribution in [2.24, 2.45) is 10.9 Å². The van der Waals surface area contributed by atoms with Gasteiger partial charge in [0.15, 0.2) is 5.96 Å². The first-order chi connectivity index (χ1) is 15.2. The lowest BCUT2D eigenvalue weighted by molar-refractivity contribution is -0.131. The molecule has 2 heterocycles. The molecule has 1 aromatic rings. The number of unbranched alkanes of at least 4 members (excludes halogenated alkanes) is 1. The molecule has 172 valence electrons. The molecule has 0 saturated carbocycles. The number of aliphatic imine (C=N–C) groups is 1. The molecule has 0 spiro atoms. The predicted molar refractivity (Wildman–Crippen MR) is 128 cm³/mol. The van der Waals surface area contributed by atoms with Crippen LogP contribution in [0.4, 0.5) is 0 Å². The molecule has 6 heteroatoms. The summed E-state index contributed by atoms with van der Waals surface area (Å²) in [6.45, 7) is 7.79. The number of likely N-dealkylation sites (tertiary alicyclic amines) is 2. The normalized spacial score (nSPS) is 19.4. The molecule has 2 N–H and O–H groups in total. The maximum Gasteiger partial charge on any atom is 0.241 e. The first kappa shape index (κ1) is 23.6. The number of rotatable bonds is 8. The molecular weight excluding hydrogens is 386 g/mol. The molecule has 0 aliphatic carbocycles. The maximum absolute atomic E-state index is 12.7. The topological polar surface area (TPSA) is 60.0 Å². The van der Waals surface area contributed by atoms with E-state index in [4.69, 9.17) is 0 Å². The summed E-state index contributed by atoms with van der Waals surface area (Å²) in [5, 5.41) is 6.76. The molecule has 6 nitrogen and oxygen atoms in total. The van der Waals surface area contributed by atoms with Crippen molar-refractivity contribution < 1.29 is 4.79 Å². The molecular formula is C25H41N5O. The lowest BCUT2D eigenvalue weighted by atomic mass is 9.90. The molecule has 2 aliphatic rings. The number of hydrogen-bond acceptors (Lipinski definition) is 3. The highest BCUT2D eigenvalue weighted by atomic mass is 16.2. The second kappa shape index (κ2) is 12.7. The Morgan fingerprint density at radius 2 is 1.77 bits per heavy atom. The Labute approximate surface area is 188 Å². The van der Waals surface area contributed by atoms with E-state index in [1.807, 2.05) is 4.90 Å². The summed E-state index contributed by atoms with van der Waals surface area (Å²) in [6, 6.07) is 11.1. The molecule has 31 heavy (non-hydrogen) atoms. The van der Waals surface area contributed by atoms with Crippen LogP contribution in [-0.2, 0) is 11.2 Å². The van der Waals surface area contributed by atoms with E-state index in [9.17, 15) is 4.79 Å². The molecule has 0 bridgehead atoms. The Balaban J connectivity index is 1.33. The monoisotopic (exact) mass is 427 g/mol. The van der Waals surface area contributed by atoms with Crippen LogP contribution in [0, 0.1) is 5.92 Å². The molecule has 2 aliphatic heterocycles. The van der Waals surface area contributed by atoms with Gasteiger partial charge in [0.1, 0.15) is 0 Å². The number of guanidine groups is 1. The van der Waals surface area contributed by atoms with Crippen molar-refractivity contribution in [3.63, 3.8) is 0 Å². The van der Waals surface area contributed by atoms with Crippen LogP contribution in [0.5, 0.6) is 0 Å². The number of nitrogens with zero attached hydrogens (tertiary/aromatic N) is 3. The number of carbonyl (C=O) groups is 1. The lowest BCUT2D eigenvalue weighted by Crippen LogP contribution is -2.51. The van der Waals surface area contributed by atoms with E-state index in [0.717, 1.165) is 64.2 Å². The molecule has 0 unspecified atom stereocenters. The highest BCUT2D eigenvalue weighted by Crippen LogP contribution is 2.21. The van der Waals surface area contributed by atoms with Gasteiger partial charge in [0.05, 0.1) is 6.54 Å². The van der Waals surface area contributed by atoms with Crippen molar-refractivity contribution in [2.45, 2.75) is 57.9 Å². The standard InChI is InChI=1S/C25H41N5O/c1-3-4-14-29-15-12-23(13-16-29)28-25(26-2)27-20-24(31)30-17-10-22(11-18-30)19-21-8-6-5-7-9-21/h5-9,22-23H,3-4,10-20H2,1-2H3,(H2,26,27,28). The first-order valence-corrected chi connectivity index (χ1v) is 12.2. The van der Waals surface area contributed by atoms with E-state index in [1.54, 1.807) is 7.05 Å². The number of carbonyl (C=O) groups excluding carboxylic acids is 1. The summed E-state index contributed by atoms with van der Waals surface area (Å²) >= 11 is 0.